The summed E-state index contributed by atoms with van der Waals surface area (Å²) in [5, 5.41) is 0. The number of hydrogen-bond acceptors (Lipinski definition) is 0. The van der Waals surface area contributed by atoms with Gasteiger partial charge in [0, 0.05) is 0 Å². The van der Waals surface area contributed by atoms with Crippen LogP contribution in [0.25, 0.3) is 0 Å². The molecule has 1 aliphatic rings. The van der Waals surface area contributed by atoms with Crippen molar-refractivity contribution >= 4 is 0 Å². The summed E-state index contributed by atoms with van der Waals surface area (Å²) in [5.74, 6) is 1.12. The van der Waals surface area contributed by atoms with Crippen molar-refractivity contribution in [1.82, 2.24) is 0 Å². The Morgan fingerprint density at radius 1 is 0.688 bits per heavy atom. The van der Waals surface area contributed by atoms with Crippen molar-refractivity contribution in [2.45, 2.75) is 96.8 Å². The van der Waals surface area contributed by atoms with Crippen molar-refractivity contribution in [3.63, 3.8) is 0 Å². The Labute approximate surface area is 103 Å². The van der Waals surface area contributed by atoms with Crippen molar-refractivity contribution in [3.05, 3.63) is 0 Å². The van der Waals surface area contributed by atoms with Gasteiger partial charge in [0.05, 0.1) is 0 Å². The summed E-state index contributed by atoms with van der Waals surface area (Å²) in [6.45, 7) is 2.29. The van der Waals surface area contributed by atoms with E-state index in [1.165, 1.54) is 89.9 Å². The van der Waals surface area contributed by atoms with Gasteiger partial charge in [0.1, 0.15) is 0 Å². The van der Waals surface area contributed by atoms with Crippen LogP contribution in [0.15, 0.2) is 0 Å². The summed E-state index contributed by atoms with van der Waals surface area (Å²) < 4.78 is 0. The lowest BCUT2D eigenvalue weighted by Crippen LogP contribution is -1.92. The molecular weight excluding hydrogens is 192 g/mol. The average molecular weight is 224 g/mol. The highest BCUT2D eigenvalue weighted by atomic mass is 14.2. The van der Waals surface area contributed by atoms with Crippen LogP contribution < -0.4 is 0 Å². The smallest absolute Gasteiger partial charge is 0.0414 e. The second-order valence-corrected chi connectivity index (χ2v) is 5.77. The first-order valence-electron chi connectivity index (χ1n) is 7.93. The van der Waals surface area contributed by atoms with Crippen LogP contribution >= 0.6 is 0 Å². The first kappa shape index (κ1) is 14.1. The fourth-order valence-electron chi connectivity index (χ4n) is 3.04. The van der Waals surface area contributed by atoms with Crippen molar-refractivity contribution in [1.29, 1.82) is 0 Å². The maximum Gasteiger partial charge on any atom is -0.0414 e. The van der Waals surface area contributed by atoms with Gasteiger partial charge in [-0.2, -0.15) is 0 Å². The summed E-state index contributed by atoms with van der Waals surface area (Å²) in [6.07, 6.45) is 20.9. The van der Waals surface area contributed by atoms with E-state index in [1.807, 2.05) is 0 Å². The Bertz CT molecular complexity index is 133. The summed E-state index contributed by atoms with van der Waals surface area (Å²) in [6, 6.07) is 0. The maximum absolute atomic E-state index is 2.29. The lowest BCUT2D eigenvalue weighted by Gasteiger charge is -2.07. The summed E-state index contributed by atoms with van der Waals surface area (Å²) in [4.78, 5) is 0. The van der Waals surface area contributed by atoms with Gasteiger partial charge in [-0.3, -0.25) is 0 Å². The lowest BCUT2D eigenvalue weighted by atomic mass is 9.99. The minimum atomic E-state index is 1.12. The SMILES string of the molecule is CCCCCCCCCCCC1CCCC1. The molecular formula is C16H32. The summed E-state index contributed by atoms with van der Waals surface area (Å²) in [5.41, 5.74) is 0. The predicted octanol–water partition coefficient (Wildman–Crippen LogP) is 6.10. The van der Waals surface area contributed by atoms with Crippen molar-refractivity contribution in [2.24, 2.45) is 5.92 Å². The zero-order valence-electron chi connectivity index (χ0n) is 11.5. The molecule has 96 valence electrons. The number of unbranched alkanes of at least 4 members (excludes halogenated alkanes) is 8. The monoisotopic (exact) mass is 224 g/mol. The standard InChI is InChI=1S/C16H32/c1-2-3-4-5-6-7-8-9-10-13-16-14-11-12-15-16/h16H,2-15H2,1H3. The van der Waals surface area contributed by atoms with Gasteiger partial charge in [-0.05, 0) is 5.92 Å². The normalized spacial score (nSPS) is 17.1. The minimum absolute atomic E-state index is 1.12. The van der Waals surface area contributed by atoms with E-state index in [0.29, 0.717) is 0 Å². The van der Waals surface area contributed by atoms with E-state index in [-0.39, 0.29) is 0 Å². The van der Waals surface area contributed by atoms with Gasteiger partial charge in [-0.25, -0.2) is 0 Å². The average Bonchev–Trinajstić information content (AvgIpc) is 2.80. The molecule has 0 heteroatoms. The highest BCUT2D eigenvalue weighted by molar-refractivity contribution is 4.66. The Kier molecular flexibility index (Phi) is 8.94. The van der Waals surface area contributed by atoms with Gasteiger partial charge in [0.2, 0.25) is 0 Å². The van der Waals surface area contributed by atoms with Crippen LogP contribution in [-0.4, -0.2) is 0 Å². The van der Waals surface area contributed by atoms with E-state index in [4.69, 9.17) is 0 Å². The van der Waals surface area contributed by atoms with Crippen LogP contribution in [0.5, 0.6) is 0 Å². The second kappa shape index (κ2) is 10.2. The molecule has 0 aliphatic heterocycles. The molecule has 0 aromatic carbocycles. The quantitative estimate of drug-likeness (QED) is 0.393. The maximum atomic E-state index is 2.29. The summed E-state index contributed by atoms with van der Waals surface area (Å²) >= 11 is 0. The topological polar surface area (TPSA) is 0 Å². The van der Waals surface area contributed by atoms with Crippen LogP contribution in [0.2, 0.25) is 0 Å². The van der Waals surface area contributed by atoms with Gasteiger partial charge in [-0.1, -0.05) is 96.8 Å². The number of hydrogen-bond donors (Lipinski definition) is 0. The van der Waals surface area contributed by atoms with Crippen molar-refractivity contribution < 1.29 is 0 Å². The Morgan fingerprint density at radius 3 is 1.75 bits per heavy atom. The number of rotatable bonds is 10. The highest BCUT2D eigenvalue weighted by Gasteiger charge is 2.13. The fraction of sp³-hybridized carbons (Fsp3) is 1.00. The Morgan fingerprint density at radius 2 is 1.19 bits per heavy atom. The van der Waals surface area contributed by atoms with Gasteiger partial charge < -0.3 is 0 Å². The lowest BCUT2D eigenvalue weighted by molar-refractivity contribution is 0.460. The van der Waals surface area contributed by atoms with E-state index < -0.39 is 0 Å². The molecule has 0 unspecified atom stereocenters. The Hall–Kier alpha value is 0. The van der Waals surface area contributed by atoms with Crippen molar-refractivity contribution in [2.75, 3.05) is 0 Å². The minimum Gasteiger partial charge on any atom is -0.0654 e. The molecule has 0 aromatic rings. The van der Waals surface area contributed by atoms with Gasteiger partial charge in [-0.15, -0.1) is 0 Å². The molecule has 0 radical (unpaired) electrons. The molecule has 0 bridgehead atoms. The molecule has 0 heterocycles. The zero-order valence-corrected chi connectivity index (χ0v) is 11.5. The molecule has 1 aliphatic carbocycles. The molecule has 1 fully saturated rings. The van der Waals surface area contributed by atoms with E-state index in [2.05, 4.69) is 6.92 Å². The third kappa shape index (κ3) is 7.30. The van der Waals surface area contributed by atoms with Gasteiger partial charge >= 0.3 is 0 Å². The summed E-state index contributed by atoms with van der Waals surface area (Å²) in [7, 11) is 0. The first-order chi connectivity index (χ1) is 7.93. The molecule has 1 rings (SSSR count). The molecule has 0 spiro atoms. The van der Waals surface area contributed by atoms with Crippen LogP contribution in [0, 0.1) is 5.92 Å². The molecule has 0 N–H and O–H groups in total. The van der Waals surface area contributed by atoms with E-state index in [1.54, 1.807) is 0 Å². The third-order valence-corrected chi connectivity index (χ3v) is 4.19. The molecule has 0 nitrogen and oxygen atoms in total. The zero-order chi connectivity index (χ0) is 11.5. The molecule has 0 amide bonds. The van der Waals surface area contributed by atoms with Crippen molar-refractivity contribution in [3.8, 4) is 0 Å². The Balaban J connectivity index is 1.71. The van der Waals surface area contributed by atoms with Crippen LogP contribution in [0.3, 0.4) is 0 Å². The van der Waals surface area contributed by atoms with Gasteiger partial charge in [0.25, 0.3) is 0 Å². The van der Waals surface area contributed by atoms with E-state index in [9.17, 15) is 0 Å². The molecule has 1 saturated carbocycles. The molecule has 0 aromatic heterocycles. The van der Waals surface area contributed by atoms with E-state index in [0.717, 1.165) is 5.92 Å². The van der Waals surface area contributed by atoms with Crippen LogP contribution in [0.1, 0.15) is 96.8 Å². The first-order valence-corrected chi connectivity index (χ1v) is 7.93. The fourth-order valence-corrected chi connectivity index (χ4v) is 3.04. The van der Waals surface area contributed by atoms with Crippen LogP contribution in [0.4, 0.5) is 0 Å². The largest absolute Gasteiger partial charge is 0.0654 e. The molecule has 0 saturated heterocycles. The second-order valence-electron chi connectivity index (χ2n) is 5.77. The third-order valence-electron chi connectivity index (χ3n) is 4.19. The van der Waals surface area contributed by atoms with Crippen LogP contribution in [-0.2, 0) is 0 Å². The van der Waals surface area contributed by atoms with Gasteiger partial charge in [0.15, 0.2) is 0 Å². The predicted molar refractivity (Wildman–Crippen MR) is 73.8 cm³/mol. The van der Waals surface area contributed by atoms with E-state index >= 15 is 0 Å². The highest BCUT2D eigenvalue weighted by Crippen LogP contribution is 2.29. The molecule has 0 atom stereocenters. The molecule has 16 heavy (non-hydrogen) atoms.